The fourth-order valence-electron chi connectivity index (χ4n) is 2.50. The second kappa shape index (κ2) is 7.82. The highest BCUT2D eigenvalue weighted by Crippen LogP contribution is 2.23. The van der Waals surface area contributed by atoms with E-state index in [0.29, 0.717) is 5.25 Å². The van der Waals surface area contributed by atoms with Gasteiger partial charge in [-0.2, -0.15) is 0 Å². The molecule has 1 aliphatic rings. The van der Waals surface area contributed by atoms with Gasteiger partial charge in [0.25, 0.3) is 0 Å². The fraction of sp³-hybridized carbons (Fsp3) is 0.562. The van der Waals surface area contributed by atoms with Crippen LogP contribution in [-0.4, -0.2) is 58.8 Å². The summed E-state index contributed by atoms with van der Waals surface area (Å²) in [6.45, 7) is 9.08. The molecule has 4 nitrogen and oxygen atoms in total. The number of hydrogen-bond donors (Lipinski definition) is 1. The molecule has 1 aromatic carbocycles. The Morgan fingerprint density at radius 3 is 2.24 bits per heavy atom. The van der Waals surface area contributed by atoms with Crippen LogP contribution in [0.3, 0.4) is 0 Å². The summed E-state index contributed by atoms with van der Waals surface area (Å²) in [5.41, 5.74) is 1.33. The number of piperazine rings is 1. The molecule has 116 valence electrons. The Bertz CT molecular complexity index is 454. The van der Waals surface area contributed by atoms with Gasteiger partial charge >= 0.3 is 5.97 Å². The summed E-state index contributed by atoms with van der Waals surface area (Å²) in [4.78, 5) is 16.4. The molecule has 1 N–H and O–H groups in total. The summed E-state index contributed by atoms with van der Waals surface area (Å²) in [7, 11) is 0. The molecule has 0 bridgehead atoms. The average molecular weight is 308 g/mol. The summed E-state index contributed by atoms with van der Waals surface area (Å²) >= 11 is 1.88. The largest absolute Gasteiger partial charge is 0.480 e. The lowest BCUT2D eigenvalue weighted by Crippen LogP contribution is -2.47. The first-order valence-electron chi connectivity index (χ1n) is 7.45. The zero-order valence-corrected chi connectivity index (χ0v) is 13.6. The maximum atomic E-state index is 10.7. The first-order chi connectivity index (χ1) is 10.0. The molecule has 0 aromatic heterocycles. The van der Waals surface area contributed by atoms with Crippen LogP contribution in [0.5, 0.6) is 0 Å². The molecule has 0 saturated carbocycles. The Kier molecular flexibility index (Phi) is 6.08. The van der Waals surface area contributed by atoms with Gasteiger partial charge in [0.05, 0.1) is 6.54 Å². The Morgan fingerprint density at radius 1 is 1.14 bits per heavy atom. The molecular weight excluding hydrogens is 284 g/mol. The number of aliphatic carboxylic acids is 1. The summed E-state index contributed by atoms with van der Waals surface area (Å²) in [5, 5.41) is 9.41. The van der Waals surface area contributed by atoms with E-state index in [1.165, 1.54) is 10.5 Å². The van der Waals surface area contributed by atoms with Crippen molar-refractivity contribution in [1.82, 2.24) is 9.80 Å². The van der Waals surface area contributed by atoms with E-state index in [4.69, 9.17) is 5.11 Å². The number of benzene rings is 1. The van der Waals surface area contributed by atoms with Crippen molar-refractivity contribution < 1.29 is 9.90 Å². The molecule has 21 heavy (non-hydrogen) atoms. The van der Waals surface area contributed by atoms with Crippen molar-refractivity contribution in [2.45, 2.75) is 30.5 Å². The van der Waals surface area contributed by atoms with Crippen LogP contribution in [0.1, 0.15) is 19.4 Å². The molecule has 0 aliphatic carbocycles. The normalized spacial score (nSPS) is 17.3. The van der Waals surface area contributed by atoms with Gasteiger partial charge in [-0.15, -0.1) is 11.8 Å². The fourth-order valence-corrected chi connectivity index (χ4v) is 3.34. The third-order valence-corrected chi connectivity index (χ3v) is 4.54. The molecule has 0 amide bonds. The summed E-state index contributed by atoms with van der Waals surface area (Å²) in [6.07, 6.45) is 0. The summed E-state index contributed by atoms with van der Waals surface area (Å²) in [5.74, 6) is -0.735. The molecule has 1 aliphatic heterocycles. The van der Waals surface area contributed by atoms with Gasteiger partial charge in [-0.1, -0.05) is 26.0 Å². The number of carboxylic acids is 1. The third-order valence-electron chi connectivity index (χ3n) is 3.53. The van der Waals surface area contributed by atoms with Crippen molar-refractivity contribution in [1.29, 1.82) is 0 Å². The van der Waals surface area contributed by atoms with Gasteiger partial charge in [0.15, 0.2) is 0 Å². The van der Waals surface area contributed by atoms with Gasteiger partial charge in [0.2, 0.25) is 0 Å². The molecule has 1 heterocycles. The van der Waals surface area contributed by atoms with Crippen LogP contribution >= 0.6 is 11.8 Å². The monoisotopic (exact) mass is 308 g/mol. The third kappa shape index (κ3) is 5.69. The minimum absolute atomic E-state index is 0.162. The Labute approximate surface area is 131 Å². The predicted octanol–water partition coefficient (Wildman–Crippen LogP) is 2.39. The molecule has 1 aromatic rings. The van der Waals surface area contributed by atoms with E-state index >= 15 is 0 Å². The van der Waals surface area contributed by atoms with Crippen LogP contribution in [0.25, 0.3) is 0 Å². The van der Waals surface area contributed by atoms with Crippen LogP contribution in [0.15, 0.2) is 29.2 Å². The quantitative estimate of drug-likeness (QED) is 0.818. The first-order valence-corrected chi connectivity index (χ1v) is 8.33. The molecule has 1 saturated heterocycles. The molecular formula is C16H24N2O2S. The minimum atomic E-state index is -0.735. The Morgan fingerprint density at radius 2 is 1.71 bits per heavy atom. The van der Waals surface area contributed by atoms with Crippen LogP contribution < -0.4 is 0 Å². The number of carboxylic acid groups (broad SMARTS) is 1. The second-order valence-electron chi connectivity index (χ2n) is 5.76. The van der Waals surface area contributed by atoms with Crippen molar-refractivity contribution in [2.75, 3.05) is 32.7 Å². The van der Waals surface area contributed by atoms with Crippen LogP contribution in [0, 0.1) is 0 Å². The lowest BCUT2D eigenvalue weighted by atomic mass is 10.2. The van der Waals surface area contributed by atoms with Crippen molar-refractivity contribution in [2.24, 2.45) is 0 Å². The van der Waals surface area contributed by atoms with E-state index in [2.05, 4.69) is 43.0 Å². The number of rotatable bonds is 6. The highest BCUT2D eigenvalue weighted by molar-refractivity contribution is 7.99. The van der Waals surface area contributed by atoms with Crippen molar-refractivity contribution in [3.8, 4) is 0 Å². The molecule has 5 heteroatoms. The lowest BCUT2D eigenvalue weighted by molar-refractivity contribution is -0.138. The highest BCUT2D eigenvalue weighted by Gasteiger charge is 2.18. The van der Waals surface area contributed by atoms with Crippen LogP contribution in [0.2, 0.25) is 0 Å². The van der Waals surface area contributed by atoms with E-state index in [1.54, 1.807) is 0 Å². The van der Waals surface area contributed by atoms with Crippen molar-refractivity contribution in [3.63, 3.8) is 0 Å². The first kappa shape index (κ1) is 16.3. The number of nitrogens with zero attached hydrogens (tertiary/aromatic N) is 2. The molecule has 0 radical (unpaired) electrons. The zero-order chi connectivity index (χ0) is 15.2. The maximum absolute atomic E-state index is 10.7. The zero-order valence-electron chi connectivity index (χ0n) is 12.8. The van der Waals surface area contributed by atoms with Gasteiger partial charge in [-0.05, 0) is 17.7 Å². The molecule has 0 spiro atoms. The topological polar surface area (TPSA) is 43.8 Å². The van der Waals surface area contributed by atoms with E-state index in [-0.39, 0.29) is 6.54 Å². The van der Waals surface area contributed by atoms with Gasteiger partial charge in [0.1, 0.15) is 0 Å². The van der Waals surface area contributed by atoms with Gasteiger partial charge in [-0.3, -0.25) is 14.6 Å². The van der Waals surface area contributed by atoms with Crippen molar-refractivity contribution in [3.05, 3.63) is 29.8 Å². The number of thioether (sulfide) groups is 1. The van der Waals surface area contributed by atoms with Gasteiger partial charge in [-0.25, -0.2) is 0 Å². The highest BCUT2D eigenvalue weighted by atomic mass is 32.2. The molecule has 1 fully saturated rings. The van der Waals surface area contributed by atoms with Crippen LogP contribution in [-0.2, 0) is 11.3 Å². The van der Waals surface area contributed by atoms with Crippen molar-refractivity contribution >= 4 is 17.7 Å². The van der Waals surface area contributed by atoms with Gasteiger partial charge in [0, 0.05) is 42.9 Å². The number of carbonyl (C=O) groups is 1. The maximum Gasteiger partial charge on any atom is 0.317 e. The Hall–Kier alpha value is -1.04. The van der Waals surface area contributed by atoms with E-state index in [0.717, 1.165) is 32.7 Å². The molecule has 0 unspecified atom stereocenters. The molecule has 2 rings (SSSR count). The number of hydrogen-bond acceptors (Lipinski definition) is 4. The van der Waals surface area contributed by atoms with E-state index in [9.17, 15) is 4.79 Å². The Balaban J connectivity index is 1.79. The van der Waals surface area contributed by atoms with E-state index < -0.39 is 5.97 Å². The minimum Gasteiger partial charge on any atom is -0.480 e. The second-order valence-corrected chi connectivity index (χ2v) is 7.41. The summed E-state index contributed by atoms with van der Waals surface area (Å²) in [6, 6.07) is 8.80. The SMILES string of the molecule is CC(C)Sc1ccc(CN2CCN(CC(=O)O)CC2)cc1. The summed E-state index contributed by atoms with van der Waals surface area (Å²) < 4.78 is 0. The van der Waals surface area contributed by atoms with Gasteiger partial charge < -0.3 is 5.11 Å². The van der Waals surface area contributed by atoms with E-state index in [1.807, 2.05) is 16.7 Å². The predicted molar refractivity (Wildman–Crippen MR) is 86.8 cm³/mol. The van der Waals surface area contributed by atoms with Crippen LogP contribution in [0.4, 0.5) is 0 Å². The lowest BCUT2D eigenvalue weighted by Gasteiger charge is -2.33. The smallest absolute Gasteiger partial charge is 0.317 e. The molecule has 0 atom stereocenters. The standard InChI is InChI=1S/C16H24N2O2S/c1-13(2)21-15-5-3-14(4-6-15)11-17-7-9-18(10-8-17)12-16(19)20/h3-6,13H,7-12H2,1-2H3,(H,19,20). The average Bonchev–Trinajstić information content (AvgIpc) is 2.42.